The third-order valence-electron chi connectivity index (χ3n) is 3.31. The molecule has 0 saturated heterocycles. The summed E-state index contributed by atoms with van der Waals surface area (Å²) in [6.45, 7) is 0.358. The lowest BCUT2D eigenvalue weighted by molar-refractivity contribution is -0.121. The first kappa shape index (κ1) is 13.3. The molecule has 0 bridgehead atoms. The molecule has 0 aliphatic heterocycles. The van der Waals surface area contributed by atoms with Crippen molar-refractivity contribution >= 4 is 32.7 Å². The topological polar surface area (TPSA) is 64.0 Å². The van der Waals surface area contributed by atoms with Crippen molar-refractivity contribution in [3.63, 3.8) is 0 Å². The highest BCUT2D eigenvalue weighted by atomic mass is 79.9. The summed E-state index contributed by atoms with van der Waals surface area (Å²) in [6, 6.07) is 5.72. The van der Waals surface area contributed by atoms with Gasteiger partial charge in [-0.3, -0.25) is 14.2 Å². The zero-order valence-electron chi connectivity index (χ0n) is 10.8. The van der Waals surface area contributed by atoms with Gasteiger partial charge >= 0.3 is 0 Å². The number of amides is 1. The van der Waals surface area contributed by atoms with Crippen LogP contribution in [-0.4, -0.2) is 21.5 Å². The highest BCUT2D eigenvalue weighted by molar-refractivity contribution is 9.10. The quantitative estimate of drug-likeness (QED) is 0.926. The summed E-state index contributed by atoms with van der Waals surface area (Å²) in [5, 5.41) is 3.48. The molecule has 1 aliphatic rings. The molecule has 5 nitrogen and oxygen atoms in total. The predicted molar refractivity (Wildman–Crippen MR) is 79.5 cm³/mol. The van der Waals surface area contributed by atoms with E-state index in [1.54, 1.807) is 12.1 Å². The molecule has 1 aromatic carbocycles. The number of nitrogens with zero attached hydrogens (tertiary/aromatic N) is 2. The van der Waals surface area contributed by atoms with Gasteiger partial charge in [0.1, 0.15) is 0 Å². The maximum Gasteiger partial charge on any atom is 0.261 e. The van der Waals surface area contributed by atoms with Gasteiger partial charge in [0.2, 0.25) is 5.91 Å². The molecule has 1 N–H and O–H groups in total. The second-order valence-electron chi connectivity index (χ2n) is 5.00. The van der Waals surface area contributed by atoms with E-state index >= 15 is 0 Å². The van der Waals surface area contributed by atoms with Crippen LogP contribution < -0.4 is 10.9 Å². The third-order valence-corrected chi connectivity index (χ3v) is 3.80. The maximum atomic E-state index is 12.3. The molecule has 0 unspecified atom stereocenters. The molecule has 1 aromatic heterocycles. The molecule has 0 radical (unpaired) electrons. The molecule has 20 heavy (non-hydrogen) atoms. The number of fused-ring (bicyclic) bond motifs is 1. The number of rotatable bonds is 4. The normalized spacial score (nSPS) is 14.4. The van der Waals surface area contributed by atoms with Crippen molar-refractivity contribution in [3.8, 4) is 0 Å². The maximum absolute atomic E-state index is 12.3. The minimum atomic E-state index is -0.110. The van der Waals surface area contributed by atoms with Gasteiger partial charge in [-0.15, -0.1) is 0 Å². The minimum Gasteiger partial charge on any atom is -0.353 e. The van der Waals surface area contributed by atoms with Crippen molar-refractivity contribution in [2.45, 2.75) is 31.8 Å². The van der Waals surface area contributed by atoms with Crippen LogP contribution >= 0.6 is 15.9 Å². The number of carbonyl (C=O) groups is 1. The zero-order valence-corrected chi connectivity index (χ0v) is 12.4. The average molecular weight is 336 g/mol. The SMILES string of the molecule is O=C(CCn1cnc2cc(Br)ccc2c1=O)NC1CC1. The monoisotopic (exact) mass is 335 g/mol. The predicted octanol–water partition coefficient (Wildman–Crippen LogP) is 1.83. The third kappa shape index (κ3) is 2.90. The van der Waals surface area contributed by atoms with E-state index in [2.05, 4.69) is 26.2 Å². The van der Waals surface area contributed by atoms with E-state index in [0.717, 1.165) is 17.3 Å². The summed E-state index contributed by atoms with van der Waals surface area (Å²) < 4.78 is 2.38. The smallest absolute Gasteiger partial charge is 0.261 e. The van der Waals surface area contributed by atoms with Crippen LogP contribution in [-0.2, 0) is 11.3 Å². The second kappa shape index (κ2) is 5.36. The number of aromatic nitrogens is 2. The van der Waals surface area contributed by atoms with Gasteiger partial charge in [-0.2, -0.15) is 0 Å². The molecule has 0 spiro atoms. The van der Waals surface area contributed by atoms with E-state index < -0.39 is 0 Å². The summed E-state index contributed by atoms with van der Waals surface area (Å²) in [5.41, 5.74) is 0.546. The number of carbonyl (C=O) groups excluding carboxylic acids is 1. The molecule has 1 saturated carbocycles. The number of nitrogens with one attached hydrogen (secondary N) is 1. The Labute approximate surface area is 124 Å². The Hall–Kier alpha value is -1.69. The molecule has 3 rings (SSSR count). The van der Waals surface area contributed by atoms with Crippen LogP contribution in [0.5, 0.6) is 0 Å². The Morgan fingerprint density at radius 3 is 3.00 bits per heavy atom. The first-order valence-corrected chi connectivity index (χ1v) is 7.37. The van der Waals surface area contributed by atoms with Crippen molar-refractivity contribution in [1.29, 1.82) is 0 Å². The first-order valence-electron chi connectivity index (χ1n) is 6.57. The number of hydrogen-bond donors (Lipinski definition) is 1. The largest absolute Gasteiger partial charge is 0.353 e. The summed E-state index contributed by atoms with van der Waals surface area (Å²) in [4.78, 5) is 28.2. The van der Waals surface area contributed by atoms with Gasteiger partial charge < -0.3 is 5.32 Å². The van der Waals surface area contributed by atoms with Gasteiger partial charge in [0.25, 0.3) is 5.56 Å². The van der Waals surface area contributed by atoms with Crippen molar-refractivity contribution < 1.29 is 4.79 Å². The van der Waals surface area contributed by atoms with Gasteiger partial charge in [0, 0.05) is 23.5 Å². The van der Waals surface area contributed by atoms with E-state index in [0.29, 0.717) is 29.9 Å². The zero-order chi connectivity index (χ0) is 14.1. The Balaban J connectivity index is 1.77. The van der Waals surface area contributed by atoms with Crippen LogP contribution in [0.4, 0.5) is 0 Å². The fourth-order valence-electron chi connectivity index (χ4n) is 2.04. The standard InChI is InChI=1S/C14H14BrN3O2/c15-9-1-4-11-12(7-9)16-8-18(14(11)20)6-5-13(19)17-10-2-3-10/h1,4,7-8,10H,2-3,5-6H2,(H,17,19). The highest BCUT2D eigenvalue weighted by Gasteiger charge is 2.22. The van der Waals surface area contributed by atoms with E-state index in [-0.39, 0.29) is 11.5 Å². The Kier molecular flexibility index (Phi) is 3.56. The lowest BCUT2D eigenvalue weighted by Crippen LogP contribution is -2.28. The van der Waals surface area contributed by atoms with Gasteiger partial charge in [-0.05, 0) is 31.0 Å². The molecule has 1 heterocycles. The van der Waals surface area contributed by atoms with E-state index in [1.807, 2.05) is 6.07 Å². The van der Waals surface area contributed by atoms with Crippen LogP contribution in [0.1, 0.15) is 19.3 Å². The van der Waals surface area contributed by atoms with Gasteiger partial charge in [-0.1, -0.05) is 15.9 Å². The minimum absolute atomic E-state index is 0.00435. The van der Waals surface area contributed by atoms with Gasteiger partial charge in [-0.25, -0.2) is 4.98 Å². The van der Waals surface area contributed by atoms with Crippen LogP contribution in [0.3, 0.4) is 0 Å². The van der Waals surface area contributed by atoms with Crippen LogP contribution in [0.25, 0.3) is 10.9 Å². The average Bonchev–Trinajstić information content (AvgIpc) is 3.21. The summed E-state index contributed by atoms with van der Waals surface area (Å²) in [5.74, 6) is -0.00435. The van der Waals surface area contributed by atoms with E-state index in [9.17, 15) is 9.59 Å². The van der Waals surface area contributed by atoms with Crippen LogP contribution in [0.2, 0.25) is 0 Å². The Bertz CT molecular complexity index is 722. The van der Waals surface area contributed by atoms with Crippen LogP contribution in [0.15, 0.2) is 33.8 Å². The Morgan fingerprint density at radius 1 is 1.45 bits per heavy atom. The number of halogens is 1. The fourth-order valence-corrected chi connectivity index (χ4v) is 2.39. The van der Waals surface area contributed by atoms with Crippen molar-refractivity contribution in [3.05, 3.63) is 39.4 Å². The van der Waals surface area contributed by atoms with Crippen LogP contribution in [0, 0.1) is 0 Å². The first-order chi connectivity index (χ1) is 9.63. The second-order valence-corrected chi connectivity index (χ2v) is 5.91. The van der Waals surface area contributed by atoms with E-state index in [1.165, 1.54) is 10.9 Å². The molecule has 1 aliphatic carbocycles. The molecule has 6 heteroatoms. The fraction of sp³-hybridized carbons (Fsp3) is 0.357. The number of benzene rings is 1. The molecule has 1 fully saturated rings. The molecule has 104 valence electrons. The summed E-state index contributed by atoms with van der Waals surface area (Å²) in [6.07, 6.45) is 3.94. The van der Waals surface area contributed by atoms with Gasteiger partial charge in [0.15, 0.2) is 0 Å². The van der Waals surface area contributed by atoms with Crippen molar-refractivity contribution in [2.24, 2.45) is 0 Å². The van der Waals surface area contributed by atoms with Crippen molar-refractivity contribution in [1.82, 2.24) is 14.9 Å². The molecule has 0 atom stereocenters. The van der Waals surface area contributed by atoms with E-state index in [4.69, 9.17) is 0 Å². The lowest BCUT2D eigenvalue weighted by atomic mass is 10.2. The summed E-state index contributed by atoms with van der Waals surface area (Å²) in [7, 11) is 0. The number of aryl methyl sites for hydroxylation is 1. The van der Waals surface area contributed by atoms with Gasteiger partial charge in [0.05, 0.1) is 17.2 Å². The molecule has 2 aromatic rings. The highest BCUT2D eigenvalue weighted by Crippen LogP contribution is 2.18. The number of hydrogen-bond acceptors (Lipinski definition) is 3. The lowest BCUT2D eigenvalue weighted by Gasteiger charge is -2.07. The summed E-state index contributed by atoms with van der Waals surface area (Å²) >= 11 is 3.35. The Morgan fingerprint density at radius 2 is 2.25 bits per heavy atom. The van der Waals surface area contributed by atoms with Crippen molar-refractivity contribution in [2.75, 3.05) is 0 Å². The molecule has 1 amide bonds. The molecular formula is C14H14BrN3O2. The molecular weight excluding hydrogens is 322 g/mol.